The van der Waals surface area contributed by atoms with Crippen LogP contribution < -0.4 is 5.32 Å². The van der Waals surface area contributed by atoms with Crippen LogP contribution in [0.1, 0.15) is 63.4 Å². The molecule has 5 rings (SSSR count). The van der Waals surface area contributed by atoms with Gasteiger partial charge in [0.2, 0.25) is 0 Å². The third kappa shape index (κ3) is 1.99. The van der Waals surface area contributed by atoms with Crippen molar-refractivity contribution >= 4 is 22.0 Å². The lowest BCUT2D eigenvalue weighted by Gasteiger charge is -2.47. The molecular weight excluding hydrogens is 278 g/mol. The molecule has 1 nitrogen and oxygen atoms in total. The summed E-state index contributed by atoms with van der Waals surface area (Å²) in [5, 5.41) is 6.87. The molecule has 1 heterocycles. The Morgan fingerprint density at radius 3 is 2.52 bits per heavy atom. The van der Waals surface area contributed by atoms with Crippen molar-refractivity contribution in [3.05, 3.63) is 47.5 Å². The van der Waals surface area contributed by atoms with Crippen LogP contribution in [0.3, 0.4) is 0 Å². The molecule has 0 bridgehead atoms. The molecule has 0 aromatic heterocycles. The predicted octanol–water partition coefficient (Wildman–Crippen LogP) is 6.30. The fraction of sp³-hybridized carbons (Fsp3) is 0.455. The maximum Gasteiger partial charge on any atom is 0.0591 e. The Labute approximate surface area is 138 Å². The number of nitrogens with one attached hydrogen (secondary N) is 1. The van der Waals surface area contributed by atoms with E-state index in [1.807, 2.05) is 0 Å². The summed E-state index contributed by atoms with van der Waals surface area (Å²) in [6.07, 6.45) is 12.2. The zero-order valence-corrected chi connectivity index (χ0v) is 13.8. The van der Waals surface area contributed by atoms with Crippen LogP contribution in [0.15, 0.2) is 42.0 Å². The maximum absolute atomic E-state index is 4.10. The van der Waals surface area contributed by atoms with E-state index in [9.17, 15) is 0 Å². The van der Waals surface area contributed by atoms with Gasteiger partial charge in [-0.25, -0.2) is 0 Å². The quantitative estimate of drug-likeness (QED) is 0.602. The first kappa shape index (κ1) is 13.7. The molecule has 2 aromatic rings. The van der Waals surface area contributed by atoms with E-state index in [1.54, 1.807) is 11.1 Å². The Morgan fingerprint density at radius 1 is 0.783 bits per heavy atom. The molecule has 118 valence electrons. The number of rotatable bonds is 0. The minimum absolute atomic E-state index is 0.269. The first-order valence-electron chi connectivity index (χ1n) is 9.40. The SMILES string of the molecule is c1ccc2c3c(ccc2c1)C1=C(CCCC1)C1(CCCCC1)N3. The first-order chi connectivity index (χ1) is 11.4. The van der Waals surface area contributed by atoms with Gasteiger partial charge in [-0.15, -0.1) is 0 Å². The van der Waals surface area contributed by atoms with Crippen LogP contribution in [0, 0.1) is 0 Å². The van der Waals surface area contributed by atoms with Gasteiger partial charge in [-0.05, 0) is 55.1 Å². The van der Waals surface area contributed by atoms with Gasteiger partial charge in [0.05, 0.1) is 11.2 Å². The van der Waals surface area contributed by atoms with Crippen molar-refractivity contribution in [1.82, 2.24) is 0 Å². The van der Waals surface area contributed by atoms with Gasteiger partial charge in [-0.3, -0.25) is 0 Å². The molecule has 2 aromatic carbocycles. The van der Waals surface area contributed by atoms with E-state index < -0.39 is 0 Å². The Morgan fingerprint density at radius 2 is 1.61 bits per heavy atom. The molecule has 23 heavy (non-hydrogen) atoms. The van der Waals surface area contributed by atoms with E-state index in [0.717, 1.165) is 0 Å². The van der Waals surface area contributed by atoms with Crippen LogP contribution >= 0.6 is 0 Å². The Balaban J connectivity index is 1.78. The van der Waals surface area contributed by atoms with Crippen molar-refractivity contribution in [2.45, 2.75) is 63.3 Å². The Hall–Kier alpha value is -1.76. The van der Waals surface area contributed by atoms with E-state index in [0.29, 0.717) is 0 Å². The zero-order chi connectivity index (χ0) is 15.3. The molecular formula is C22H25N. The molecule has 3 aliphatic rings. The molecule has 2 aliphatic carbocycles. The van der Waals surface area contributed by atoms with Gasteiger partial charge in [-0.2, -0.15) is 0 Å². The van der Waals surface area contributed by atoms with E-state index in [1.165, 1.54) is 79.8 Å². The highest BCUT2D eigenvalue weighted by molar-refractivity contribution is 6.02. The van der Waals surface area contributed by atoms with Gasteiger partial charge in [-0.1, -0.05) is 55.7 Å². The van der Waals surface area contributed by atoms with E-state index >= 15 is 0 Å². The van der Waals surface area contributed by atoms with Crippen molar-refractivity contribution < 1.29 is 0 Å². The third-order valence-corrected chi connectivity index (χ3v) is 6.37. The van der Waals surface area contributed by atoms with Crippen molar-refractivity contribution in [2.75, 3.05) is 5.32 Å². The molecule has 1 heteroatoms. The van der Waals surface area contributed by atoms with Crippen LogP contribution in [0.25, 0.3) is 16.3 Å². The van der Waals surface area contributed by atoms with Crippen LogP contribution in [0.2, 0.25) is 0 Å². The van der Waals surface area contributed by atoms with Crippen LogP contribution in [-0.2, 0) is 0 Å². The fourth-order valence-corrected chi connectivity index (χ4v) is 5.29. The van der Waals surface area contributed by atoms with Crippen LogP contribution in [-0.4, -0.2) is 5.54 Å². The highest BCUT2D eigenvalue weighted by Crippen LogP contribution is 2.52. The molecule has 1 spiro atoms. The monoisotopic (exact) mass is 303 g/mol. The van der Waals surface area contributed by atoms with Crippen molar-refractivity contribution in [2.24, 2.45) is 0 Å². The Kier molecular flexibility index (Phi) is 3.04. The molecule has 0 saturated heterocycles. The molecule has 1 saturated carbocycles. The topological polar surface area (TPSA) is 12.0 Å². The highest BCUT2D eigenvalue weighted by Gasteiger charge is 2.41. The third-order valence-electron chi connectivity index (χ3n) is 6.37. The van der Waals surface area contributed by atoms with Crippen molar-refractivity contribution in [3.63, 3.8) is 0 Å². The largest absolute Gasteiger partial charge is 0.375 e. The van der Waals surface area contributed by atoms with Gasteiger partial charge in [0.1, 0.15) is 0 Å². The predicted molar refractivity (Wildman–Crippen MR) is 98.8 cm³/mol. The van der Waals surface area contributed by atoms with Gasteiger partial charge in [0, 0.05) is 10.9 Å². The summed E-state index contributed by atoms with van der Waals surface area (Å²) in [6, 6.07) is 13.6. The first-order valence-corrected chi connectivity index (χ1v) is 9.40. The molecule has 0 amide bonds. The van der Waals surface area contributed by atoms with Crippen LogP contribution in [0.5, 0.6) is 0 Å². The summed E-state index contributed by atoms with van der Waals surface area (Å²) in [7, 11) is 0. The second-order valence-electron chi connectivity index (χ2n) is 7.64. The lowest BCUT2D eigenvalue weighted by atomic mass is 9.67. The summed E-state index contributed by atoms with van der Waals surface area (Å²) in [5.41, 5.74) is 6.65. The average molecular weight is 303 g/mol. The number of benzene rings is 2. The maximum atomic E-state index is 4.10. The summed E-state index contributed by atoms with van der Waals surface area (Å²) in [6.45, 7) is 0. The van der Waals surface area contributed by atoms with Gasteiger partial charge in [0.25, 0.3) is 0 Å². The molecule has 1 aliphatic heterocycles. The summed E-state index contributed by atoms with van der Waals surface area (Å²) in [4.78, 5) is 0. The number of fused-ring (bicyclic) bond motifs is 5. The number of allylic oxidation sites excluding steroid dienone is 1. The van der Waals surface area contributed by atoms with Crippen molar-refractivity contribution in [3.8, 4) is 0 Å². The van der Waals surface area contributed by atoms with E-state index in [4.69, 9.17) is 0 Å². The summed E-state index contributed by atoms with van der Waals surface area (Å²) >= 11 is 0. The molecule has 0 unspecified atom stereocenters. The number of hydrogen-bond donors (Lipinski definition) is 1. The molecule has 1 N–H and O–H groups in total. The highest BCUT2D eigenvalue weighted by atomic mass is 15.0. The molecule has 0 atom stereocenters. The standard InChI is InChI=1S/C22H25N/c1-6-14-22(15-7-1)20-11-5-4-10-18(20)19-13-12-16-8-2-3-9-17(16)21(19)23-22/h2-3,8-9,12-13,23H,1,4-7,10-11,14-15H2. The second-order valence-corrected chi connectivity index (χ2v) is 7.64. The van der Waals surface area contributed by atoms with Gasteiger partial charge < -0.3 is 5.32 Å². The average Bonchev–Trinajstić information content (AvgIpc) is 2.63. The van der Waals surface area contributed by atoms with Gasteiger partial charge in [0.15, 0.2) is 0 Å². The lowest BCUT2D eigenvalue weighted by molar-refractivity contribution is 0.353. The fourth-order valence-electron chi connectivity index (χ4n) is 5.29. The second kappa shape index (κ2) is 5.12. The van der Waals surface area contributed by atoms with E-state index in [2.05, 4.69) is 41.7 Å². The summed E-state index contributed by atoms with van der Waals surface area (Å²) in [5.74, 6) is 0. The van der Waals surface area contributed by atoms with E-state index in [-0.39, 0.29) is 5.54 Å². The smallest absolute Gasteiger partial charge is 0.0591 e. The minimum Gasteiger partial charge on any atom is -0.375 e. The van der Waals surface area contributed by atoms with Crippen LogP contribution in [0.4, 0.5) is 5.69 Å². The Bertz CT molecular complexity index is 793. The molecule has 0 radical (unpaired) electrons. The normalized spacial score (nSPS) is 22.6. The zero-order valence-electron chi connectivity index (χ0n) is 13.8. The van der Waals surface area contributed by atoms with Gasteiger partial charge >= 0.3 is 0 Å². The van der Waals surface area contributed by atoms with Crippen molar-refractivity contribution in [1.29, 1.82) is 0 Å². The number of anilines is 1. The lowest BCUT2D eigenvalue weighted by Crippen LogP contribution is -2.45. The minimum atomic E-state index is 0.269. The number of hydrogen-bond acceptors (Lipinski definition) is 1. The summed E-state index contributed by atoms with van der Waals surface area (Å²) < 4.78 is 0. The molecule has 1 fully saturated rings.